The van der Waals surface area contributed by atoms with Crippen LogP contribution in [0.5, 0.6) is 0 Å². The van der Waals surface area contributed by atoms with Gasteiger partial charge in [0.05, 0.1) is 11.7 Å². The van der Waals surface area contributed by atoms with Crippen molar-refractivity contribution in [2.24, 2.45) is 23.6 Å². The third-order valence-corrected chi connectivity index (χ3v) is 5.17. The summed E-state index contributed by atoms with van der Waals surface area (Å²) in [6, 6.07) is 2.38. The Hall–Kier alpha value is -0.870. The fraction of sp³-hybridized carbons (Fsp3) is 0.800. The Balaban J connectivity index is 1.68. The van der Waals surface area contributed by atoms with Crippen LogP contribution in [0.3, 0.4) is 0 Å². The van der Waals surface area contributed by atoms with Gasteiger partial charge in [0.1, 0.15) is 0 Å². The molecule has 4 heteroatoms. The molecular formula is C15H26N4. The van der Waals surface area contributed by atoms with Crippen LogP contribution in [-0.4, -0.2) is 9.78 Å². The maximum Gasteiger partial charge on any atom is 0.0631 e. The first kappa shape index (κ1) is 13.1. The molecule has 3 N–H and O–H groups in total. The van der Waals surface area contributed by atoms with Gasteiger partial charge in [0.15, 0.2) is 0 Å². The fourth-order valence-electron chi connectivity index (χ4n) is 4.28. The fourth-order valence-corrected chi connectivity index (χ4v) is 4.28. The average molecular weight is 262 g/mol. The third-order valence-electron chi connectivity index (χ3n) is 5.17. The van der Waals surface area contributed by atoms with E-state index in [1.54, 1.807) is 0 Å². The molecule has 2 bridgehead atoms. The normalized spacial score (nSPS) is 30.9. The molecule has 0 radical (unpaired) electrons. The number of fused-ring (bicyclic) bond motifs is 2. The zero-order chi connectivity index (χ0) is 13.2. The second kappa shape index (κ2) is 5.63. The largest absolute Gasteiger partial charge is 0.271 e. The molecule has 0 spiro atoms. The summed E-state index contributed by atoms with van der Waals surface area (Å²) in [5.74, 6) is 8.65. The predicted octanol–water partition coefficient (Wildman–Crippen LogP) is 2.62. The summed E-state index contributed by atoms with van der Waals surface area (Å²) < 4.78 is 2.11. The van der Waals surface area contributed by atoms with Crippen molar-refractivity contribution in [3.05, 3.63) is 18.0 Å². The molecule has 4 atom stereocenters. The highest BCUT2D eigenvalue weighted by Crippen LogP contribution is 2.50. The van der Waals surface area contributed by atoms with Crippen LogP contribution in [0.1, 0.15) is 57.2 Å². The van der Waals surface area contributed by atoms with Gasteiger partial charge in [-0.1, -0.05) is 13.3 Å². The minimum Gasteiger partial charge on any atom is -0.271 e. The number of nitrogens with two attached hydrogens (primary N) is 1. The summed E-state index contributed by atoms with van der Waals surface area (Å²) in [7, 11) is 0. The second-order valence-corrected chi connectivity index (χ2v) is 6.37. The number of hydrogen-bond donors (Lipinski definition) is 2. The molecule has 2 aliphatic rings. The first-order valence-electron chi connectivity index (χ1n) is 7.79. The van der Waals surface area contributed by atoms with Crippen LogP contribution in [0.2, 0.25) is 0 Å². The summed E-state index contributed by atoms with van der Waals surface area (Å²) in [6.45, 7) is 3.17. The van der Waals surface area contributed by atoms with E-state index in [1.165, 1.54) is 37.8 Å². The number of nitrogens with zero attached hydrogens (tertiary/aromatic N) is 2. The quantitative estimate of drug-likeness (QED) is 0.612. The summed E-state index contributed by atoms with van der Waals surface area (Å²) in [5.41, 5.74) is 4.29. The molecule has 2 fully saturated rings. The molecule has 0 aliphatic heterocycles. The molecule has 1 aromatic heterocycles. The van der Waals surface area contributed by atoms with Gasteiger partial charge in [0, 0.05) is 12.7 Å². The minimum atomic E-state index is 0.262. The molecule has 1 aromatic rings. The lowest BCUT2D eigenvalue weighted by Gasteiger charge is -2.26. The van der Waals surface area contributed by atoms with E-state index in [4.69, 9.17) is 5.84 Å². The van der Waals surface area contributed by atoms with Gasteiger partial charge in [-0.2, -0.15) is 5.10 Å². The maximum atomic E-state index is 5.81. The van der Waals surface area contributed by atoms with Crippen LogP contribution >= 0.6 is 0 Å². The van der Waals surface area contributed by atoms with E-state index in [9.17, 15) is 0 Å². The van der Waals surface area contributed by atoms with Gasteiger partial charge >= 0.3 is 0 Å². The third kappa shape index (κ3) is 2.56. The summed E-state index contributed by atoms with van der Waals surface area (Å²) in [5, 5.41) is 4.42. The lowest BCUT2D eigenvalue weighted by molar-refractivity contribution is 0.274. The van der Waals surface area contributed by atoms with Crippen molar-refractivity contribution < 1.29 is 0 Å². The summed E-state index contributed by atoms with van der Waals surface area (Å²) in [4.78, 5) is 0. The Bertz CT molecular complexity index is 414. The van der Waals surface area contributed by atoms with E-state index >= 15 is 0 Å². The molecule has 3 rings (SSSR count). The Labute approximate surface area is 115 Å². The van der Waals surface area contributed by atoms with Crippen molar-refractivity contribution in [1.29, 1.82) is 0 Å². The second-order valence-electron chi connectivity index (χ2n) is 6.37. The van der Waals surface area contributed by atoms with E-state index < -0.39 is 0 Å². The minimum absolute atomic E-state index is 0.262. The molecule has 4 nitrogen and oxygen atoms in total. The van der Waals surface area contributed by atoms with Crippen molar-refractivity contribution in [2.75, 3.05) is 0 Å². The zero-order valence-electron chi connectivity index (χ0n) is 11.9. The van der Waals surface area contributed by atoms with Crippen LogP contribution in [0.4, 0.5) is 0 Å². The van der Waals surface area contributed by atoms with Crippen LogP contribution < -0.4 is 11.3 Å². The molecular weight excluding hydrogens is 236 g/mol. The topological polar surface area (TPSA) is 55.9 Å². The number of hydrazine groups is 1. The highest BCUT2D eigenvalue weighted by molar-refractivity contribution is 5.08. The molecule has 0 saturated heterocycles. The predicted molar refractivity (Wildman–Crippen MR) is 76.1 cm³/mol. The number of aryl methyl sites for hydroxylation is 1. The summed E-state index contributed by atoms with van der Waals surface area (Å²) >= 11 is 0. The van der Waals surface area contributed by atoms with Crippen LogP contribution in [-0.2, 0) is 6.54 Å². The van der Waals surface area contributed by atoms with Crippen molar-refractivity contribution in [3.8, 4) is 0 Å². The molecule has 106 valence electrons. The number of aromatic nitrogens is 2. The van der Waals surface area contributed by atoms with Gasteiger partial charge in [-0.15, -0.1) is 0 Å². The summed E-state index contributed by atoms with van der Waals surface area (Å²) in [6.07, 6.45) is 9.99. The standard InChI is InChI=1S/C15H26N4/c1-2-7-19-15(5-6-17-19)14(18-16)10-13-9-11-3-4-12(13)8-11/h5-6,11-14,18H,2-4,7-10,16H2,1H3. The number of hydrogen-bond acceptors (Lipinski definition) is 3. The van der Waals surface area contributed by atoms with Crippen molar-refractivity contribution >= 4 is 0 Å². The average Bonchev–Trinajstić information content (AvgIpc) is 3.12. The smallest absolute Gasteiger partial charge is 0.0631 e. The SMILES string of the molecule is CCCn1nccc1C(CC1CC2CCC1C2)NN. The molecule has 2 aliphatic carbocycles. The zero-order valence-corrected chi connectivity index (χ0v) is 11.9. The lowest BCUT2D eigenvalue weighted by atomic mass is 9.83. The van der Waals surface area contributed by atoms with E-state index in [1.807, 2.05) is 6.20 Å². The first-order valence-corrected chi connectivity index (χ1v) is 7.79. The Morgan fingerprint density at radius 2 is 2.37 bits per heavy atom. The van der Waals surface area contributed by atoms with E-state index in [2.05, 4.69) is 28.2 Å². The number of nitrogens with one attached hydrogen (secondary N) is 1. The molecule has 0 aromatic carbocycles. The van der Waals surface area contributed by atoms with Gasteiger partial charge in [-0.05, 0) is 55.9 Å². The van der Waals surface area contributed by atoms with Crippen molar-refractivity contribution in [3.63, 3.8) is 0 Å². The Morgan fingerprint density at radius 3 is 3.00 bits per heavy atom. The van der Waals surface area contributed by atoms with Crippen LogP contribution in [0.15, 0.2) is 12.3 Å². The van der Waals surface area contributed by atoms with E-state index in [-0.39, 0.29) is 6.04 Å². The van der Waals surface area contributed by atoms with Gasteiger partial charge in [-0.25, -0.2) is 0 Å². The van der Waals surface area contributed by atoms with Gasteiger partial charge < -0.3 is 0 Å². The Kier molecular flexibility index (Phi) is 3.89. The first-order chi connectivity index (χ1) is 9.31. The molecule has 0 amide bonds. The van der Waals surface area contributed by atoms with Gasteiger partial charge in [-0.3, -0.25) is 16.0 Å². The number of rotatable bonds is 6. The monoisotopic (exact) mass is 262 g/mol. The van der Waals surface area contributed by atoms with Crippen LogP contribution in [0, 0.1) is 17.8 Å². The van der Waals surface area contributed by atoms with E-state index in [0.717, 1.165) is 30.7 Å². The molecule has 1 heterocycles. The van der Waals surface area contributed by atoms with Gasteiger partial charge in [0.2, 0.25) is 0 Å². The van der Waals surface area contributed by atoms with E-state index in [0.29, 0.717) is 0 Å². The Morgan fingerprint density at radius 1 is 1.47 bits per heavy atom. The lowest BCUT2D eigenvalue weighted by Crippen LogP contribution is -2.32. The molecule has 19 heavy (non-hydrogen) atoms. The highest BCUT2D eigenvalue weighted by Gasteiger charge is 2.40. The van der Waals surface area contributed by atoms with Crippen LogP contribution in [0.25, 0.3) is 0 Å². The highest BCUT2D eigenvalue weighted by atomic mass is 15.3. The molecule has 2 saturated carbocycles. The van der Waals surface area contributed by atoms with Crippen molar-refractivity contribution in [1.82, 2.24) is 15.2 Å². The molecule has 4 unspecified atom stereocenters. The van der Waals surface area contributed by atoms with Crippen molar-refractivity contribution in [2.45, 2.75) is 58.0 Å². The maximum absolute atomic E-state index is 5.81. The van der Waals surface area contributed by atoms with Gasteiger partial charge in [0.25, 0.3) is 0 Å².